The number of benzene rings is 1. The van der Waals surface area contributed by atoms with Gasteiger partial charge in [0, 0.05) is 11.6 Å². The third-order valence-electron chi connectivity index (χ3n) is 5.43. The fourth-order valence-corrected chi connectivity index (χ4v) is 3.57. The van der Waals surface area contributed by atoms with Crippen molar-refractivity contribution in [2.45, 2.75) is 45.7 Å². The summed E-state index contributed by atoms with van der Waals surface area (Å²) in [4.78, 5) is 13.7. The summed E-state index contributed by atoms with van der Waals surface area (Å²) in [5.74, 6) is 2.67. The molecule has 27 heavy (non-hydrogen) atoms. The Hall–Kier alpha value is -2.64. The van der Waals surface area contributed by atoms with Crippen LogP contribution in [0.25, 0.3) is 11.4 Å². The molecule has 0 unspecified atom stereocenters. The van der Waals surface area contributed by atoms with Crippen LogP contribution >= 0.6 is 0 Å². The van der Waals surface area contributed by atoms with Crippen molar-refractivity contribution in [2.24, 2.45) is 11.8 Å². The first-order valence-corrected chi connectivity index (χ1v) is 9.31. The predicted octanol–water partition coefficient (Wildman–Crippen LogP) is 2.30. The zero-order valence-corrected chi connectivity index (χ0v) is 16.3. The lowest BCUT2D eigenvalue weighted by Gasteiger charge is -2.34. The average molecular weight is 373 g/mol. The number of amides is 1. The molecule has 1 N–H and O–H groups in total. The maximum Gasteiger partial charge on any atom is 0.243 e. The van der Waals surface area contributed by atoms with Crippen molar-refractivity contribution in [1.29, 1.82) is 0 Å². The number of tetrazole rings is 1. The number of rotatable bonds is 6. The van der Waals surface area contributed by atoms with Gasteiger partial charge in [0.25, 0.3) is 0 Å². The van der Waals surface area contributed by atoms with Gasteiger partial charge in [-0.3, -0.25) is 4.79 Å². The van der Waals surface area contributed by atoms with E-state index in [0.717, 1.165) is 18.4 Å². The highest BCUT2D eigenvalue weighted by atomic mass is 16.5. The number of aromatic nitrogens is 4. The van der Waals surface area contributed by atoms with Crippen LogP contribution in [0, 0.1) is 11.8 Å². The molecular formula is C19H27N5O3. The van der Waals surface area contributed by atoms with Gasteiger partial charge >= 0.3 is 0 Å². The van der Waals surface area contributed by atoms with Crippen molar-refractivity contribution in [3.8, 4) is 22.9 Å². The van der Waals surface area contributed by atoms with Gasteiger partial charge in [-0.05, 0) is 41.7 Å². The fourth-order valence-electron chi connectivity index (χ4n) is 3.57. The number of methoxy groups -OCH3 is 2. The van der Waals surface area contributed by atoms with Crippen LogP contribution in [0.1, 0.15) is 33.1 Å². The van der Waals surface area contributed by atoms with Gasteiger partial charge < -0.3 is 14.8 Å². The van der Waals surface area contributed by atoms with Crippen molar-refractivity contribution in [3.05, 3.63) is 18.2 Å². The van der Waals surface area contributed by atoms with E-state index in [0.29, 0.717) is 29.2 Å². The summed E-state index contributed by atoms with van der Waals surface area (Å²) < 4.78 is 10.5. The van der Waals surface area contributed by atoms with E-state index in [9.17, 15) is 4.79 Å². The Labute approximate surface area is 159 Å². The van der Waals surface area contributed by atoms with Gasteiger partial charge in [-0.25, -0.2) is 0 Å². The highest BCUT2D eigenvalue weighted by Crippen LogP contribution is 2.31. The smallest absolute Gasteiger partial charge is 0.243 e. The molecule has 2 aromatic rings. The molecule has 146 valence electrons. The minimum atomic E-state index is -0.0859. The van der Waals surface area contributed by atoms with E-state index < -0.39 is 0 Å². The van der Waals surface area contributed by atoms with Gasteiger partial charge in [0.15, 0.2) is 11.5 Å². The fraction of sp³-hybridized carbons (Fsp3) is 0.579. The first-order valence-electron chi connectivity index (χ1n) is 9.31. The summed E-state index contributed by atoms with van der Waals surface area (Å²) >= 11 is 0. The van der Waals surface area contributed by atoms with Crippen LogP contribution in [0.4, 0.5) is 0 Å². The Kier molecular flexibility index (Phi) is 5.93. The minimum Gasteiger partial charge on any atom is -0.493 e. The first kappa shape index (κ1) is 19.1. The Morgan fingerprint density at radius 2 is 2.00 bits per heavy atom. The molecule has 0 spiro atoms. The molecule has 1 aromatic carbocycles. The normalized spacial score (nSPS) is 22.3. The second kappa shape index (κ2) is 8.37. The second-order valence-corrected chi connectivity index (χ2v) is 7.15. The summed E-state index contributed by atoms with van der Waals surface area (Å²) in [7, 11) is 3.15. The van der Waals surface area contributed by atoms with Crippen LogP contribution in [0.5, 0.6) is 11.5 Å². The summed E-state index contributed by atoms with van der Waals surface area (Å²) in [5.41, 5.74) is 0.744. The maximum atomic E-state index is 12.4. The molecule has 1 fully saturated rings. The largest absolute Gasteiger partial charge is 0.493 e. The molecule has 3 rings (SSSR count). The van der Waals surface area contributed by atoms with Crippen LogP contribution in [-0.4, -0.2) is 46.4 Å². The van der Waals surface area contributed by atoms with Crippen molar-refractivity contribution >= 4 is 5.91 Å². The maximum absolute atomic E-state index is 12.4. The van der Waals surface area contributed by atoms with Crippen LogP contribution < -0.4 is 14.8 Å². The van der Waals surface area contributed by atoms with Crippen LogP contribution in [-0.2, 0) is 11.3 Å². The van der Waals surface area contributed by atoms with E-state index in [4.69, 9.17) is 9.47 Å². The molecule has 1 amide bonds. The Balaban J connectivity index is 1.65. The first-order chi connectivity index (χ1) is 13.0. The van der Waals surface area contributed by atoms with Gasteiger partial charge in [0.1, 0.15) is 6.54 Å². The summed E-state index contributed by atoms with van der Waals surface area (Å²) in [5, 5.41) is 15.5. The van der Waals surface area contributed by atoms with E-state index in [1.807, 2.05) is 6.07 Å². The lowest BCUT2D eigenvalue weighted by Crippen LogP contribution is -2.45. The van der Waals surface area contributed by atoms with Crippen LogP contribution in [0.3, 0.4) is 0 Å². The monoisotopic (exact) mass is 373 g/mol. The van der Waals surface area contributed by atoms with Crippen molar-refractivity contribution in [2.75, 3.05) is 14.2 Å². The van der Waals surface area contributed by atoms with E-state index >= 15 is 0 Å². The molecule has 0 radical (unpaired) electrons. The number of hydrogen-bond donors (Lipinski definition) is 1. The molecule has 1 aliphatic carbocycles. The second-order valence-electron chi connectivity index (χ2n) is 7.15. The molecule has 1 heterocycles. The van der Waals surface area contributed by atoms with Crippen molar-refractivity contribution in [3.63, 3.8) is 0 Å². The number of carbonyl (C=O) groups is 1. The Bertz CT molecular complexity index is 791. The number of ether oxygens (including phenoxy) is 2. The molecule has 0 saturated heterocycles. The molecule has 0 aliphatic heterocycles. The van der Waals surface area contributed by atoms with Gasteiger partial charge in [0.2, 0.25) is 11.7 Å². The predicted molar refractivity (Wildman–Crippen MR) is 100 cm³/mol. The SMILES string of the molecule is COc1ccc(-c2nnn(CC(=O)N[C@@H]3CCC[C@H](C)[C@H]3C)n2)cc1OC. The van der Waals surface area contributed by atoms with E-state index in [1.54, 1.807) is 26.4 Å². The zero-order chi connectivity index (χ0) is 19.4. The average Bonchev–Trinajstić information content (AvgIpc) is 3.13. The van der Waals surface area contributed by atoms with Crippen molar-refractivity contribution in [1.82, 2.24) is 25.5 Å². The number of nitrogens with zero attached hydrogens (tertiary/aromatic N) is 4. The van der Waals surface area contributed by atoms with Gasteiger partial charge in [-0.15, -0.1) is 10.2 Å². The van der Waals surface area contributed by atoms with E-state index in [1.165, 1.54) is 11.2 Å². The molecular weight excluding hydrogens is 346 g/mol. The third kappa shape index (κ3) is 4.37. The molecule has 1 aromatic heterocycles. The van der Waals surface area contributed by atoms with Gasteiger partial charge in [-0.2, -0.15) is 4.80 Å². The van der Waals surface area contributed by atoms with Gasteiger partial charge in [-0.1, -0.05) is 26.7 Å². The molecule has 8 nitrogen and oxygen atoms in total. The molecule has 0 bridgehead atoms. The molecule has 1 saturated carbocycles. The van der Waals surface area contributed by atoms with Crippen molar-refractivity contribution < 1.29 is 14.3 Å². The quantitative estimate of drug-likeness (QED) is 0.835. The van der Waals surface area contributed by atoms with E-state index in [2.05, 4.69) is 34.6 Å². The van der Waals surface area contributed by atoms with Crippen LogP contribution in [0.2, 0.25) is 0 Å². The molecule has 8 heteroatoms. The lowest BCUT2D eigenvalue weighted by molar-refractivity contribution is -0.123. The number of hydrogen-bond acceptors (Lipinski definition) is 6. The Morgan fingerprint density at radius 1 is 1.22 bits per heavy atom. The lowest BCUT2D eigenvalue weighted by atomic mass is 9.78. The Morgan fingerprint density at radius 3 is 2.74 bits per heavy atom. The number of carbonyl (C=O) groups excluding carboxylic acids is 1. The zero-order valence-electron chi connectivity index (χ0n) is 16.3. The third-order valence-corrected chi connectivity index (χ3v) is 5.43. The number of nitrogens with one attached hydrogen (secondary N) is 1. The van der Waals surface area contributed by atoms with Crippen LogP contribution in [0.15, 0.2) is 18.2 Å². The topological polar surface area (TPSA) is 91.2 Å². The summed E-state index contributed by atoms with van der Waals surface area (Å²) in [6, 6.07) is 5.61. The minimum absolute atomic E-state index is 0.0535. The van der Waals surface area contributed by atoms with Gasteiger partial charge in [0.05, 0.1) is 14.2 Å². The summed E-state index contributed by atoms with van der Waals surface area (Å²) in [6.07, 6.45) is 3.41. The standard InChI is InChI=1S/C19H27N5O3/c1-12-6-5-7-15(13(12)2)20-18(25)11-24-22-19(21-23-24)14-8-9-16(26-3)17(10-14)27-4/h8-10,12-13,15H,5-7,11H2,1-4H3,(H,20,25)/t12-,13+,15+/m0/s1. The molecule has 3 atom stereocenters. The molecule has 1 aliphatic rings. The van der Waals surface area contributed by atoms with E-state index in [-0.39, 0.29) is 18.5 Å². The highest BCUT2D eigenvalue weighted by molar-refractivity contribution is 5.76. The summed E-state index contributed by atoms with van der Waals surface area (Å²) in [6.45, 7) is 4.51. The highest BCUT2D eigenvalue weighted by Gasteiger charge is 2.28.